The molecular formula is C15H11ClFN3O. The largest absolute Gasteiger partial charge is 0.376 e. The lowest BCUT2D eigenvalue weighted by molar-refractivity contribution is 0.630. The van der Waals surface area contributed by atoms with Crippen LogP contribution in [0.3, 0.4) is 0 Å². The van der Waals surface area contributed by atoms with Gasteiger partial charge in [-0.3, -0.25) is 9.20 Å². The Morgan fingerprint density at radius 3 is 2.90 bits per heavy atom. The fourth-order valence-corrected chi connectivity index (χ4v) is 2.27. The molecule has 106 valence electrons. The van der Waals surface area contributed by atoms with Crippen LogP contribution in [0.4, 0.5) is 10.1 Å². The molecule has 0 atom stereocenters. The molecule has 0 aliphatic rings. The van der Waals surface area contributed by atoms with Crippen molar-refractivity contribution >= 4 is 22.9 Å². The number of benzene rings is 1. The third-order valence-corrected chi connectivity index (χ3v) is 3.35. The molecule has 2 aromatic heterocycles. The van der Waals surface area contributed by atoms with Crippen LogP contribution in [-0.2, 0) is 6.54 Å². The molecule has 0 aliphatic carbocycles. The molecule has 3 aromatic rings. The minimum Gasteiger partial charge on any atom is -0.376 e. The van der Waals surface area contributed by atoms with Gasteiger partial charge in [-0.2, -0.15) is 0 Å². The van der Waals surface area contributed by atoms with Gasteiger partial charge in [0.25, 0.3) is 5.56 Å². The summed E-state index contributed by atoms with van der Waals surface area (Å²) in [6.07, 6.45) is 1.65. The van der Waals surface area contributed by atoms with E-state index in [0.29, 0.717) is 11.3 Å². The first-order valence-corrected chi connectivity index (χ1v) is 6.68. The second-order valence-corrected chi connectivity index (χ2v) is 4.87. The van der Waals surface area contributed by atoms with Crippen molar-refractivity contribution in [2.24, 2.45) is 0 Å². The van der Waals surface area contributed by atoms with Crippen LogP contribution < -0.4 is 10.9 Å². The number of para-hydroxylation sites is 1. The second-order valence-electron chi connectivity index (χ2n) is 4.46. The molecule has 2 heterocycles. The predicted molar refractivity (Wildman–Crippen MR) is 80.2 cm³/mol. The Morgan fingerprint density at radius 2 is 2.10 bits per heavy atom. The van der Waals surface area contributed by atoms with Crippen LogP contribution in [0.2, 0.25) is 5.02 Å². The molecule has 0 saturated heterocycles. The molecule has 0 fully saturated rings. The predicted octanol–water partition coefficient (Wildman–Crippen LogP) is 3.10. The summed E-state index contributed by atoms with van der Waals surface area (Å²) in [5, 5.41) is 3.16. The molecule has 0 amide bonds. The van der Waals surface area contributed by atoms with Crippen LogP contribution in [0.25, 0.3) is 5.65 Å². The molecule has 3 rings (SSSR count). The second kappa shape index (κ2) is 5.54. The number of rotatable bonds is 3. The first kappa shape index (κ1) is 13.6. The van der Waals surface area contributed by atoms with Crippen molar-refractivity contribution in [3.63, 3.8) is 0 Å². The monoisotopic (exact) mass is 303 g/mol. The first-order chi connectivity index (χ1) is 10.1. The molecule has 6 heteroatoms. The van der Waals surface area contributed by atoms with E-state index in [1.54, 1.807) is 30.5 Å². The zero-order valence-corrected chi connectivity index (χ0v) is 11.6. The third kappa shape index (κ3) is 2.73. The van der Waals surface area contributed by atoms with Gasteiger partial charge in [0.2, 0.25) is 0 Å². The summed E-state index contributed by atoms with van der Waals surface area (Å²) < 4.78 is 15.1. The lowest BCUT2D eigenvalue weighted by Crippen LogP contribution is -2.16. The fraction of sp³-hybridized carbons (Fsp3) is 0.0667. The Balaban J connectivity index is 1.91. The molecule has 0 radical (unpaired) electrons. The van der Waals surface area contributed by atoms with Gasteiger partial charge in [-0.25, -0.2) is 9.37 Å². The number of anilines is 1. The summed E-state index contributed by atoms with van der Waals surface area (Å²) in [6, 6.07) is 11.1. The van der Waals surface area contributed by atoms with Gasteiger partial charge >= 0.3 is 0 Å². The Hall–Kier alpha value is -2.40. The van der Waals surface area contributed by atoms with Gasteiger partial charge in [0.15, 0.2) is 0 Å². The number of aromatic nitrogens is 2. The maximum atomic E-state index is 13.7. The third-order valence-electron chi connectivity index (χ3n) is 3.03. The Labute approximate surface area is 124 Å². The number of fused-ring (bicyclic) bond motifs is 1. The first-order valence-electron chi connectivity index (χ1n) is 6.30. The summed E-state index contributed by atoms with van der Waals surface area (Å²) in [5.74, 6) is -0.444. The van der Waals surface area contributed by atoms with Gasteiger partial charge in [0.05, 0.1) is 22.9 Å². The number of halogens is 2. The number of nitrogens with one attached hydrogen (secondary N) is 1. The van der Waals surface area contributed by atoms with Gasteiger partial charge in [-0.15, -0.1) is 0 Å². The zero-order chi connectivity index (χ0) is 14.8. The maximum absolute atomic E-state index is 13.7. The zero-order valence-electron chi connectivity index (χ0n) is 10.9. The highest BCUT2D eigenvalue weighted by atomic mass is 35.5. The standard InChI is InChI=1S/C15H11ClFN3O/c16-11-4-3-5-12(17)15(11)18-9-10-8-14(21)20-7-2-1-6-13(20)19-10/h1-8,18H,9H2. The molecular weight excluding hydrogens is 293 g/mol. The summed E-state index contributed by atoms with van der Waals surface area (Å²) >= 11 is 5.93. The number of hydrogen-bond acceptors (Lipinski definition) is 3. The minimum absolute atomic E-state index is 0.183. The van der Waals surface area contributed by atoms with Crippen molar-refractivity contribution in [3.8, 4) is 0 Å². The van der Waals surface area contributed by atoms with Crippen LogP contribution in [-0.4, -0.2) is 9.38 Å². The Bertz CT molecular complexity index is 843. The molecule has 4 nitrogen and oxygen atoms in total. The normalized spacial score (nSPS) is 10.8. The minimum atomic E-state index is -0.444. The number of nitrogens with zero attached hydrogens (tertiary/aromatic N) is 2. The van der Waals surface area contributed by atoms with Crippen molar-refractivity contribution in [1.29, 1.82) is 0 Å². The molecule has 0 bridgehead atoms. The number of pyridine rings is 1. The average molecular weight is 304 g/mol. The highest BCUT2D eigenvalue weighted by molar-refractivity contribution is 6.33. The van der Waals surface area contributed by atoms with E-state index in [0.717, 1.165) is 0 Å². The Kier molecular flexibility index (Phi) is 3.58. The highest BCUT2D eigenvalue weighted by Crippen LogP contribution is 2.24. The molecule has 1 aromatic carbocycles. The van der Waals surface area contributed by atoms with Crippen LogP contribution in [0.5, 0.6) is 0 Å². The van der Waals surface area contributed by atoms with E-state index in [2.05, 4.69) is 10.3 Å². The average Bonchev–Trinajstić information content (AvgIpc) is 2.47. The van der Waals surface area contributed by atoms with Crippen molar-refractivity contribution in [2.45, 2.75) is 6.54 Å². The molecule has 1 N–H and O–H groups in total. The van der Waals surface area contributed by atoms with Crippen LogP contribution in [0, 0.1) is 5.82 Å². The van der Waals surface area contributed by atoms with E-state index in [4.69, 9.17) is 11.6 Å². The van der Waals surface area contributed by atoms with Crippen LogP contribution in [0.1, 0.15) is 5.69 Å². The van der Waals surface area contributed by atoms with Gasteiger partial charge in [-0.05, 0) is 24.3 Å². The van der Waals surface area contributed by atoms with Gasteiger partial charge in [0, 0.05) is 12.3 Å². The van der Waals surface area contributed by atoms with E-state index in [1.165, 1.54) is 22.6 Å². The summed E-state index contributed by atoms with van der Waals surface area (Å²) in [4.78, 5) is 16.3. The lowest BCUT2D eigenvalue weighted by atomic mass is 10.3. The van der Waals surface area contributed by atoms with Crippen LogP contribution in [0.15, 0.2) is 53.5 Å². The number of hydrogen-bond donors (Lipinski definition) is 1. The SMILES string of the molecule is O=c1cc(CNc2c(F)cccc2Cl)nc2ccccn12. The van der Waals surface area contributed by atoms with E-state index in [-0.39, 0.29) is 22.8 Å². The maximum Gasteiger partial charge on any atom is 0.258 e. The topological polar surface area (TPSA) is 46.4 Å². The van der Waals surface area contributed by atoms with Crippen molar-refractivity contribution < 1.29 is 4.39 Å². The fourth-order valence-electron chi connectivity index (χ4n) is 2.04. The van der Waals surface area contributed by atoms with Crippen LogP contribution >= 0.6 is 11.6 Å². The summed E-state index contributed by atoms with van der Waals surface area (Å²) in [5.41, 5.74) is 1.08. The van der Waals surface area contributed by atoms with Gasteiger partial charge in [-0.1, -0.05) is 23.7 Å². The highest BCUT2D eigenvalue weighted by Gasteiger charge is 2.07. The molecule has 0 unspecified atom stereocenters. The summed E-state index contributed by atoms with van der Waals surface area (Å²) in [6.45, 7) is 0.210. The Morgan fingerprint density at radius 1 is 1.24 bits per heavy atom. The molecule has 0 spiro atoms. The quantitative estimate of drug-likeness (QED) is 0.809. The summed E-state index contributed by atoms with van der Waals surface area (Å²) in [7, 11) is 0. The van der Waals surface area contributed by atoms with Crippen molar-refractivity contribution in [1.82, 2.24) is 9.38 Å². The van der Waals surface area contributed by atoms with E-state index < -0.39 is 5.82 Å². The van der Waals surface area contributed by atoms with E-state index in [1.807, 2.05) is 0 Å². The van der Waals surface area contributed by atoms with Gasteiger partial charge < -0.3 is 5.32 Å². The lowest BCUT2D eigenvalue weighted by Gasteiger charge is -2.09. The van der Waals surface area contributed by atoms with Crippen molar-refractivity contribution in [2.75, 3.05) is 5.32 Å². The van der Waals surface area contributed by atoms with E-state index in [9.17, 15) is 9.18 Å². The van der Waals surface area contributed by atoms with Crippen molar-refractivity contribution in [3.05, 3.63) is 75.5 Å². The molecule has 0 saturated carbocycles. The molecule has 0 aliphatic heterocycles. The molecule has 21 heavy (non-hydrogen) atoms. The van der Waals surface area contributed by atoms with Gasteiger partial charge in [0.1, 0.15) is 11.5 Å². The van der Waals surface area contributed by atoms with E-state index >= 15 is 0 Å². The smallest absolute Gasteiger partial charge is 0.258 e.